The molecule has 2 aromatic rings. The van der Waals surface area contributed by atoms with Crippen molar-refractivity contribution >= 4 is 23.5 Å². The highest BCUT2D eigenvalue weighted by atomic mass is 32.1. The van der Waals surface area contributed by atoms with Gasteiger partial charge < -0.3 is 0 Å². The van der Waals surface area contributed by atoms with Crippen molar-refractivity contribution in [3.05, 3.63) is 46.9 Å². The fourth-order valence-electron chi connectivity index (χ4n) is 1.25. The van der Waals surface area contributed by atoms with Gasteiger partial charge in [-0.1, -0.05) is 84.1 Å². The molecule has 0 aliphatic carbocycles. The molecule has 0 spiro atoms. The summed E-state index contributed by atoms with van der Waals surface area (Å²) in [7, 11) is 0. The summed E-state index contributed by atoms with van der Waals surface area (Å²) in [5.41, 5.74) is 3.27. The summed E-state index contributed by atoms with van der Waals surface area (Å²) in [6.45, 7) is 15.2. The van der Waals surface area contributed by atoms with E-state index in [9.17, 15) is 0 Å². The maximum absolute atomic E-state index is 3.91. The second kappa shape index (κ2) is 16.0. The number of aryl methyl sites for hydroxylation is 1. The van der Waals surface area contributed by atoms with E-state index in [1.54, 1.807) is 11.3 Å². The fraction of sp³-hybridized carbons (Fsp3) is 0.471. The first-order chi connectivity index (χ1) is 9.74. The van der Waals surface area contributed by atoms with Crippen molar-refractivity contribution < 1.29 is 0 Å². The largest absolute Gasteiger partial charge is 0.253 e. The summed E-state index contributed by atoms with van der Waals surface area (Å²) in [6, 6.07) is 10.5. The lowest BCUT2D eigenvalue weighted by atomic mass is 9.49. The monoisotopic (exact) mass is 291 g/mol. The Morgan fingerprint density at radius 3 is 1.80 bits per heavy atom. The minimum absolute atomic E-state index is 0.659. The lowest BCUT2D eigenvalue weighted by Gasteiger charge is -1.98. The molecule has 0 bridgehead atoms. The molecule has 0 N–H and O–H groups in total. The van der Waals surface area contributed by atoms with Gasteiger partial charge >= 0.3 is 0 Å². The number of rotatable bonds is 2. The van der Waals surface area contributed by atoms with Gasteiger partial charge in [-0.05, 0) is 6.42 Å². The van der Waals surface area contributed by atoms with Gasteiger partial charge in [-0.25, -0.2) is 0 Å². The quantitative estimate of drug-likeness (QED) is 0.674. The molecule has 2 rings (SSSR count). The summed E-state index contributed by atoms with van der Waals surface area (Å²) in [5.74, 6) is 0. The molecule has 1 aromatic carbocycles. The first kappa shape index (κ1) is 21.2. The molecule has 0 aliphatic rings. The van der Waals surface area contributed by atoms with E-state index in [0.717, 1.165) is 6.42 Å². The van der Waals surface area contributed by atoms with Crippen LogP contribution in [-0.2, 0) is 6.42 Å². The Morgan fingerprint density at radius 1 is 1.00 bits per heavy atom. The van der Waals surface area contributed by atoms with Crippen molar-refractivity contribution in [1.82, 2.24) is 4.98 Å². The first-order valence-corrected chi connectivity index (χ1v) is 8.54. The van der Waals surface area contributed by atoms with Gasteiger partial charge in [0.05, 0.1) is 5.51 Å². The van der Waals surface area contributed by atoms with Crippen LogP contribution in [0.1, 0.15) is 39.5 Å². The third kappa shape index (κ3) is 10.8. The van der Waals surface area contributed by atoms with E-state index in [1.807, 2.05) is 45.5 Å². The topological polar surface area (TPSA) is 12.9 Å². The lowest BCUT2D eigenvalue weighted by molar-refractivity contribution is 1.17. The van der Waals surface area contributed by atoms with Crippen molar-refractivity contribution in [3.8, 4) is 0 Å². The van der Waals surface area contributed by atoms with E-state index in [4.69, 9.17) is 0 Å². The smallest absolute Gasteiger partial charge is 0.169 e. The fourth-order valence-corrected chi connectivity index (χ4v) is 1.80. The molecular weight excluding hydrogens is 261 g/mol. The number of thiazole rings is 1. The number of nitrogens with zero attached hydrogens (tertiary/aromatic N) is 1. The van der Waals surface area contributed by atoms with Crippen LogP contribution in [0.4, 0.5) is 0 Å². The SMILES string of the molecule is CB(C)c1ccccc1.CC.CC.CCc1cncs1. The Hall–Kier alpha value is -1.09. The zero-order valence-electron chi connectivity index (χ0n) is 14.2. The van der Waals surface area contributed by atoms with Crippen LogP contribution in [0.2, 0.25) is 13.6 Å². The average molecular weight is 291 g/mol. The molecule has 0 atom stereocenters. The normalized spacial score (nSPS) is 7.95. The highest BCUT2D eigenvalue weighted by Gasteiger charge is 1.98. The summed E-state index contributed by atoms with van der Waals surface area (Å²) in [6.07, 6.45) is 3.02. The van der Waals surface area contributed by atoms with Gasteiger partial charge in [0, 0.05) is 11.1 Å². The van der Waals surface area contributed by atoms with Crippen LogP contribution < -0.4 is 5.46 Å². The van der Waals surface area contributed by atoms with Crippen molar-refractivity contribution in [2.75, 3.05) is 0 Å². The summed E-state index contributed by atoms with van der Waals surface area (Å²) in [4.78, 5) is 5.27. The standard InChI is InChI=1S/C8H11B.C5H7NS.2C2H6/c1-9(2)8-6-4-3-5-7-8;1-2-5-3-6-4-7-5;2*1-2/h3-7H,1-2H3;3-4H,2H2,1H3;2*1-2H3. The molecule has 1 heterocycles. The van der Waals surface area contributed by atoms with Gasteiger partial charge in [0.1, 0.15) is 0 Å². The number of hydrogen-bond acceptors (Lipinski definition) is 2. The van der Waals surface area contributed by atoms with E-state index in [0.29, 0.717) is 6.71 Å². The van der Waals surface area contributed by atoms with Crippen LogP contribution in [0.15, 0.2) is 42.0 Å². The number of aromatic nitrogens is 1. The van der Waals surface area contributed by atoms with Crippen LogP contribution >= 0.6 is 11.3 Å². The van der Waals surface area contributed by atoms with Gasteiger partial charge in [-0.2, -0.15) is 0 Å². The van der Waals surface area contributed by atoms with Crippen LogP contribution in [0.25, 0.3) is 0 Å². The molecule has 0 aliphatic heterocycles. The molecule has 0 saturated heterocycles. The average Bonchev–Trinajstić information content (AvgIpc) is 3.06. The Bertz CT molecular complexity index is 371. The van der Waals surface area contributed by atoms with E-state index in [1.165, 1.54) is 10.3 Å². The molecule has 3 heteroatoms. The first-order valence-electron chi connectivity index (χ1n) is 7.66. The Kier molecular flexibility index (Phi) is 16.9. The van der Waals surface area contributed by atoms with Crippen LogP contribution in [0.3, 0.4) is 0 Å². The highest BCUT2D eigenvalue weighted by Crippen LogP contribution is 2.04. The zero-order valence-corrected chi connectivity index (χ0v) is 15.0. The third-order valence-electron chi connectivity index (χ3n) is 2.30. The van der Waals surface area contributed by atoms with Crippen LogP contribution in [0, 0.1) is 0 Å². The maximum Gasteiger partial charge on any atom is 0.169 e. The summed E-state index contributed by atoms with van der Waals surface area (Å²) >= 11 is 1.71. The maximum atomic E-state index is 3.91. The molecule has 0 amide bonds. The van der Waals surface area contributed by atoms with Crippen LogP contribution in [0.5, 0.6) is 0 Å². The van der Waals surface area contributed by atoms with Gasteiger partial charge in [-0.15, -0.1) is 11.3 Å². The van der Waals surface area contributed by atoms with E-state index < -0.39 is 0 Å². The number of hydrogen-bond donors (Lipinski definition) is 0. The molecule has 0 unspecified atom stereocenters. The Labute approximate surface area is 130 Å². The van der Waals surface area contributed by atoms with E-state index >= 15 is 0 Å². The Morgan fingerprint density at radius 2 is 1.55 bits per heavy atom. The molecule has 0 fully saturated rings. The van der Waals surface area contributed by atoms with Gasteiger partial charge in [0.15, 0.2) is 6.71 Å². The van der Waals surface area contributed by atoms with Crippen LogP contribution in [-0.4, -0.2) is 11.7 Å². The minimum atomic E-state index is 0.659. The third-order valence-corrected chi connectivity index (χ3v) is 3.22. The predicted octanol–water partition coefficient (Wildman–Crippen LogP) is 5.41. The van der Waals surface area contributed by atoms with Gasteiger partial charge in [0.25, 0.3) is 0 Å². The molecule has 0 saturated carbocycles. The van der Waals surface area contributed by atoms with E-state index in [2.05, 4.69) is 49.8 Å². The second-order valence-corrected chi connectivity index (χ2v) is 4.86. The molecule has 20 heavy (non-hydrogen) atoms. The van der Waals surface area contributed by atoms with Crippen molar-refractivity contribution in [2.24, 2.45) is 0 Å². The zero-order chi connectivity index (χ0) is 15.8. The molecular formula is C17H30BNS. The van der Waals surface area contributed by atoms with Crippen molar-refractivity contribution in [3.63, 3.8) is 0 Å². The van der Waals surface area contributed by atoms with E-state index in [-0.39, 0.29) is 0 Å². The molecule has 1 aromatic heterocycles. The minimum Gasteiger partial charge on any atom is -0.253 e. The lowest BCUT2D eigenvalue weighted by Crippen LogP contribution is -2.21. The summed E-state index contributed by atoms with van der Waals surface area (Å²) in [5, 5.41) is 0. The van der Waals surface area contributed by atoms with Crippen molar-refractivity contribution in [1.29, 1.82) is 0 Å². The Balaban J connectivity index is 0. The molecule has 1 nitrogen and oxygen atoms in total. The van der Waals surface area contributed by atoms with Crippen molar-refractivity contribution in [2.45, 2.75) is 54.7 Å². The second-order valence-electron chi connectivity index (χ2n) is 3.89. The molecule has 0 radical (unpaired) electrons. The summed E-state index contributed by atoms with van der Waals surface area (Å²) < 4.78 is 0. The molecule has 112 valence electrons. The van der Waals surface area contributed by atoms with Gasteiger partial charge in [0.2, 0.25) is 0 Å². The highest BCUT2D eigenvalue weighted by molar-refractivity contribution is 7.09. The van der Waals surface area contributed by atoms with Gasteiger partial charge in [-0.3, -0.25) is 4.98 Å². The predicted molar refractivity (Wildman–Crippen MR) is 97.7 cm³/mol. The number of benzene rings is 1.